The number of imide groups is 1. The maximum Gasteiger partial charge on any atom is 0.282 e. The summed E-state index contributed by atoms with van der Waals surface area (Å²) in [5.41, 5.74) is -0.681. The minimum atomic E-state index is -0.767. The maximum absolute atomic E-state index is 12.4. The fourth-order valence-electron chi connectivity index (χ4n) is 2.69. The summed E-state index contributed by atoms with van der Waals surface area (Å²) in [6.45, 7) is 1.82. The lowest BCUT2D eigenvalue weighted by molar-refractivity contribution is -0.385. The molecule has 0 radical (unpaired) electrons. The summed E-state index contributed by atoms with van der Waals surface area (Å²) in [7, 11) is 0. The summed E-state index contributed by atoms with van der Waals surface area (Å²) in [6, 6.07) is 3.88. The van der Waals surface area contributed by atoms with Gasteiger partial charge in [-0.15, -0.1) is 10.2 Å². The SMILES string of the molecule is CCCc1nnc(NC(=O)CCN2C(=O)c3cccc([N+](=O)[O-])c3C2=O)s1. The third-order valence-electron chi connectivity index (χ3n) is 3.91. The zero-order chi connectivity index (χ0) is 19.6. The monoisotopic (exact) mass is 389 g/mol. The molecule has 0 bridgehead atoms. The number of anilines is 1. The van der Waals surface area contributed by atoms with Crippen LogP contribution in [0.25, 0.3) is 0 Å². The number of nitro groups is 1. The second-order valence-electron chi connectivity index (χ2n) is 5.77. The van der Waals surface area contributed by atoms with Gasteiger partial charge in [0, 0.05) is 25.5 Å². The lowest BCUT2D eigenvalue weighted by Crippen LogP contribution is -2.33. The second-order valence-corrected chi connectivity index (χ2v) is 6.83. The van der Waals surface area contributed by atoms with Crippen LogP contribution in [0.15, 0.2) is 18.2 Å². The molecule has 1 aromatic heterocycles. The van der Waals surface area contributed by atoms with Gasteiger partial charge >= 0.3 is 0 Å². The molecule has 3 rings (SSSR count). The number of fused-ring (bicyclic) bond motifs is 1. The van der Waals surface area contributed by atoms with Gasteiger partial charge in [0.05, 0.1) is 10.5 Å². The van der Waals surface area contributed by atoms with Crippen LogP contribution in [0.4, 0.5) is 10.8 Å². The number of rotatable bonds is 7. The number of aromatic nitrogens is 2. The first-order valence-electron chi connectivity index (χ1n) is 8.18. The smallest absolute Gasteiger partial charge is 0.282 e. The molecular formula is C16H15N5O5S. The molecular weight excluding hydrogens is 374 g/mol. The maximum atomic E-state index is 12.4. The number of aryl methyl sites for hydroxylation is 1. The molecule has 2 aromatic rings. The molecule has 1 N–H and O–H groups in total. The van der Waals surface area contributed by atoms with Crippen molar-refractivity contribution in [3.8, 4) is 0 Å². The minimum Gasteiger partial charge on any atom is -0.300 e. The Bertz CT molecular complexity index is 941. The zero-order valence-corrected chi connectivity index (χ0v) is 15.1. The van der Waals surface area contributed by atoms with Gasteiger partial charge in [-0.05, 0) is 12.5 Å². The van der Waals surface area contributed by atoms with Gasteiger partial charge in [0.1, 0.15) is 10.6 Å². The van der Waals surface area contributed by atoms with Gasteiger partial charge in [-0.2, -0.15) is 0 Å². The Hall–Kier alpha value is -3.21. The molecule has 0 atom stereocenters. The van der Waals surface area contributed by atoms with Crippen LogP contribution in [-0.4, -0.2) is 44.3 Å². The highest BCUT2D eigenvalue weighted by atomic mass is 32.1. The standard InChI is InChI=1S/C16H15N5O5S/c1-2-4-12-18-19-16(27-12)17-11(22)7-8-20-14(23)9-5-3-6-10(21(25)26)13(9)15(20)24/h3,5-6H,2,4,7-8H2,1H3,(H,17,19,22). The summed E-state index contributed by atoms with van der Waals surface area (Å²) in [4.78, 5) is 48.1. The van der Waals surface area contributed by atoms with Crippen LogP contribution in [0.5, 0.6) is 0 Å². The normalized spacial score (nSPS) is 13.0. The van der Waals surface area contributed by atoms with E-state index >= 15 is 0 Å². The molecule has 1 aliphatic heterocycles. The van der Waals surface area contributed by atoms with Crippen molar-refractivity contribution in [1.29, 1.82) is 0 Å². The van der Waals surface area contributed by atoms with E-state index in [-0.39, 0.29) is 24.1 Å². The summed E-state index contributed by atoms with van der Waals surface area (Å²) in [6.07, 6.45) is 1.53. The summed E-state index contributed by atoms with van der Waals surface area (Å²) >= 11 is 1.26. The summed E-state index contributed by atoms with van der Waals surface area (Å²) < 4.78 is 0. The van der Waals surface area contributed by atoms with Crippen molar-refractivity contribution in [3.63, 3.8) is 0 Å². The summed E-state index contributed by atoms with van der Waals surface area (Å²) in [5.74, 6) is -1.84. The van der Waals surface area contributed by atoms with Gasteiger partial charge in [-0.3, -0.25) is 29.4 Å². The van der Waals surface area contributed by atoms with Crippen LogP contribution in [0.1, 0.15) is 45.5 Å². The first kappa shape index (κ1) is 18.6. The van der Waals surface area contributed by atoms with E-state index in [1.165, 1.54) is 29.5 Å². The van der Waals surface area contributed by atoms with Crippen LogP contribution >= 0.6 is 11.3 Å². The van der Waals surface area contributed by atoms with Crippen LogP contribution in [-0.2, 0) is 11.2 Å². The molecule has 10 nitrogen and oxygen atoms in total. The Balaban J connectivity index is 1.65. The van der Waals surface area contributed by atoms with Crippen molar-refractivity contribution in [2.75, 3.05) is 11.9 Å². The molecule has 0 saturated heterocycles. The fraction of sp³-hybridized carbons (Fsp3) is 0.312. The third kappa shape index (κ3) is 3.67. The van der Waals surface area contributed by atoms with Gasteiger partial charge in [0.15, 0.2) is 0 Å². The van der Waals surface area contributed by atoms with E-state index < -0.39 is 28.3 Å². The molecule has 0 fully saturated rings. The van der Waals surface area contributed by atoms with Crippen molar-refractivity contribution in [2.24, 2.45) is 0 Å². The van der Waals surface area contributed by atoms with E-state index in [2.05, 4.69) is 15.5 Å². The first-order chi connectivity index (χ1) is 12.9. The van der Waals surface area contributed by atoms with Gasteiger partial charge in [0.25, 0.3) is 17.5 Å². The van der Waals surface area contributed by atoms with E-state index in [0.717, 1.165) is 22.7 Å². The molecule has 0 saturated carbocycles. The van der Waals surface area contributed by atoms with Gasteiger partial charge < -0.3 is 5.32 Å². The van der Waals surface area contributed by atoms with E-state index in [0.29, 0.717) is 5.13 Å². The number of benzene rings is 1. The number of amides is 3. The average Bonchev–Trinajstić information content (AvgIpc) is 3.17. The van der Waals surface area contributed by atoms with Crippen LogP contribution in [0.2, 0.25) is 0 Å². The predicted octanol–water partition coefficient (Wildman–Crippen LogP) is 2.02. The molecule has 140 valence electrons. The molecule has 0 unspecified atom stereocenters. The Labute approximate surface area is 157 Å². The number of nitrogens with zero attached hydrogens (tertiary/aromatic N) is 4. The molecule has 0 spiro atoms. The van der Waals surface area contributed by atoms with Crippen molar-refractivity contribution >= 4 is 39.9 Å². The van der Waals surface area contributed by atoms with Crippen molar-refractivity contribution < 1.29 is 19.3 Å². The molecule has 2 heterocycles. The molecule has 27 heavy (non-hydrogen) atoms. The van der Waals surface area contributed by atoms with Gasteiger partial charge in [0.2, 0.25) is 11.0 Å². The molecule has 1 aromatic carbocycles. The van der Waals surface area contributed by atoms with E-state index in [4.69, 9.17) is 0 Å². The number of hydrogen-bond acceptors (Lipinski definition) is 8. The van der Waals surface area contributed by atoms with Crippen LogP contribution in [0, 0.1) is 10.1 Å². The topological polar surface area (TPSA) is 135 Å². The number of nitrogens with one attached hydrogen (secondary N) is 1. The van der Waals surface area contributed by atoms with Crippen molar-refractivity contribution in [2.45, 2.75) is 26.2 Å². The molecule has 1 aliphatic rings. The Kier molecular flexibility index (Phi) is 5.21. The first-order valence-corrected chi connectivity index (χ1v) is 8.99. The molecule has 11 heteroatoms. The highest BCUT2D eigenvalue weighted by molar-refractivity contribution is 7.15. The van der Waals surface area contributed by atoms with E-state index in [1.54, 1.807) is 0 Å². The van der Waals surface area contributed by atoms with E-state index in [1.807, 2.05) is 6.92 Å². The van der Waals surface area contributed by atoms with Crippen LogP contribution in [0.3, 0.4) is 0 Å². The van der Waals surface area contributed by atoms with Gasteiger partial charge in [-0.25, -0.2) is 0 Å². The number of carbonyl (C=O) groups excluding carboxylic acids is 3. The largest absolute Gasteiger partial charge is 0.300 e. The zero-order valence-electron chi connectivity index (χ0n) is 14.3. The highest BCUT2D eigenvalue weighted by Crippen LogP contribution is 2.30. The number of hydrogen-bond donors (Lipinski definition) is 1. The van der Waals surface area contributed by atoms with E-state index in [9.17, 15) is 24.5 Å². The molecule has 0 aliphatic carbocycles. The highest BCUT2D eigenvalue weighted by Gasteiger charge is 2.40. The lowest BCUT2D eigenvalue weighted by Gasteiger charge is -2.12. The Morgan fingerprint density at radius 2 is 2.07 bits per heavy atom. The Morgan fingerprint density at radius 1 is 1.30 bits per heavy atom. The second kappa shape index (κ2) is 7.58. The fourth-order valence-corrected chi connectivity index (χ4v) is 3.54. The van der Waals surface area contributed by atoms with Crippen molar-refractivity contribution in [3.05, 3.63) is 44.4 Å². The van der Waals surface area contributed by atoms with Crippen LogP contribution < -0.4 is 5.32 Å². The van der Waals surface area contributed by atoms with Gasteiger partial charge in [-0.1, -0.05) is 24.3 Å². The summed E-state index contributed by atoms with van der Waals surface area (Å²) in [5, 5.41) is 22.6. The number of carbonyl (C=O) groups is 3. The minimum absolute atomic E-state index is 0.0251. The van der Waals surface area contributed by atoms with Crippen molar-refractivity contribution in [1.82, 2.24) is 15.1 Å². The molecule has 3 amide bonds. The quantitative estimate of drug-likeness (QED) is 0.435. The number of nitro benzene ring substituents is 1. The average molecular weight is 389 g/mol. The lowest BCUT2D eigenvalue weighted by atomic mass is 10.1. The Morgan fingerprint density at radius 3 is 2.78 bits per heavy atom. The predicted molar refractivity (Wildman–Crippen MR) is 95.6 cm³/mol. The third-order valence-corrected chi connectivity index (χ3v) is 4.81.